The van der Waals surface area contributed by atoms with E-state index in [1.54, 1.807) is 7.11 Å². The number of benzene rings is 2. The zero-order chi connectivity index (χ0) is 30.0. The van der Waals surface area contributed by atoms with Gasteiger partial charge in [-0.3, -0.25) is 9.78 Å². The molecule has 45 heavy (non-hydrogen) atoms. The number of hydrogen-bond donors (Lipinski definition) is 3. The monoisotopic (exact) mass is 650 g/mol. The van der Waals surface area contributed by atoms with Crippen molar-refractivity contribution in [3.8, 4) is 17.0 Å². The molecule has 238 valence electrons. The van der Waals surface area contributed by atoms with Gasteiger partial charge in [0.15, 0.2) is 11.6 Å². The van der Waals surface area contributed by atoms with Crippen LogP contribution in [0.3, 0.4) is 0 Å². The number of amides is 1. The van der Waals surface area contributed by atoms with Gasteiger partial charge >= 0.3 is 51.4 Å². The minimum atomic E-state index is -1.23. The SMILES string of the molecule is C=c1c(OC)cc(C)c/c1=C/NC1CC1.CC1CNc2c1cc(C(CNC=O)C1CC1)nc2-c1cc(F)c(F)cc1F.[K+].[NH2-].[OH-]. The Morgan fingerprint density at radius 3 is 2.40 bits per heavy atom. The van der Waals surface area contributed by atoms with Gasteiger partial charge in [-0.1, -0.05) is 13.5 Å². The van der Waals surface area contributed by atoms with Crippen LogP contribution in [0.5, 0.6) is 5.75 Å². The molecule has 0 radical (unpaired) electrons. The van der Waals surface area contributed by atoms with E-state index in [2.05, 4.69) is 46.7 Å². The number of fused-ring (bicyclic) bond motifs is 1. The summed E-state index contributed by atoms with van der Waals surface area (Å²) < 4.78 is 46.9. The minimum absolute atomic E-state index is 0. The number of anilines is 1. The van der Waals surface area contributed by atoms with Crippen LogP contribution in [0.2, 0.25) is 0 Å². The van der Waals surface area contributed by atoms with Gasteiger partial charge in [0.05, 0.1) is 18.5 Å². The molecule has 0 spiro atoms. The summed E-state index contributed by atoms with van der Waals surface area (Å²) in [7, 11) is 1.68. The molecule has 1 amide bonds. The Bertz CT molecular complexity index is 1600. The molecule has 2 heterocycles. The number of methoxy groups -OCH3 is 1. The van der Waals surface area contributed by atoms with E-state index in [0.717, 1.165) is 46.4 Å². The van der Waals surface area contributed by atoms with E-state index in [9.17, 15) is 18.0 Å². The van der Waals surface area contributed by atoms with Gasteiger partial charge in [-0.2, -0.15) is 0 Å². The van der Waals surface area contributed by atoms with Gasteiger partial charge in [0.25, 0.3) is 0 Å². The predicted molar refractivity (Wildman–Crippen MR) is 166 cm³/mol. The molecule has 2 aromatic carbocycles. The Balaban J connectivity index is 0.000000337. The molecule has 0 bridgehead atoms. The van der Waals surface area contributed by atoms with Crippen molar-refractivity contribution in [3.05, 3.63) is 81.2 Å². The number of carbonyl (C=O) groups is 1. The van der Waals surface area contributed by atoms with Crippen molar-refractivity contribution in [1.29, 1.82) is 0 Å². The van der Waals surface area contributed by atoms with Crippen LogP contribution >= 0.6 is 0 Å². The Labute approximate surface area is 304 Å². The maximum atomic E-state index is 14.5. The molecule has 3 aliphatic rings. The average Bonchev–Trinajstić information content (AvgIpc) is 3.91. The summed E-state index contributed by atoms with van der Waals surface area (Å²) in [6, 6.07) is 8.22. The molecule has 2 saturated carbocycles. The average molecular weight is 651 g/mol. The third-order valence-electron chi connectivity index (χ3n) is 8.10. The Hall–Kier alpha value is -2.45. The van der Waals surface area contributed by atoms with Gasteiger partial charge in [-0.15, -0.1) is 0 Å². The van der Waals surface area contributed by atoms with Crippen LogP contribution in [0.25, 0.3) is 30.2 Å². The second-order valence-corrected chi connectivity index (χ2v) is 11.5. The molecule has 3 aromatic rings. The van der Waals surface area contributed by atoms with E-state index in [-0.39, 0.29) is 80.4 Å². The smallest absolute Gasteiger partial charge is 0.870 e. The summed E-state index contributed by atoms with van der Waals surface area (Å²) in [5.74, 6) is -1.71. The third kappa shape index (κ3) is 9.31. The van der Waals surface area contributed by atoms with Gasteiger partial charge in [0, 0.05) is 64.9 Å². The summed E-state index contributed by atoms with van der Waals surface area (Å²) in [4.78, 5) is 15.4. The van der Waals surface area contributed by atoms with E-state index >= 15 is 0 Å². The number of aryl methyl sites for hydroxylation is 1. The molecule has 6 N–H and O–H groups in total. The molecule has 2 atom stereocenters. The summed E-state index contributed by atoms with van der Waals surface area (Å²) in [5.41, 5.74) is 3.82. The normalized spacial score (nSPS) is 17.1. The first kappa shape index (κ1) is 38.7. The predicted octanol–water partition coefficient (Wildman–Crippen LogP) is 2.38. The fourth-order valence-corrected chi connectivity index (χ4v) is 5.38. The van der Waals surface area contributed by atoms with Crippen molar-refractivity contribution < 1.29 is 79.6 Å². The summed E-state index contributed by atoms with van der Waals surface area (Å²) in [6.07, 6.45) is 7.37. The second-order valence-electron chi connectivity index (χ2n) is 11.5. The van der Waals surface area contributed by atoms with E-state index in [1.165, 1.54) is 18.4 Å². The molecule has 6 rings (SSSR count). The number of nitrogens with zero attached hydrogens (tertiary/aromatic N) is 1. The Morgan fingerprint density at radius 1 is 1.09 bits per heavy atom. The fraction of sp³-hybridized carbons (Fsp3) is 0.394. The molecule has 1 aliphatic heterocycles. The maximum absolute atomic E-state index is 14.5. The van der Waals surface area contributed by atoms with Crippen molar-refractivity contribution in [2.75, 3.05) is 25.5 Å². The molecule has 8 nitrogen and oxygen atoms in total. The number of nitrogens with two attached hydrogens (primary N) is 1. The fourth-order valence-electron chi connectivity index (χ4n) is 5.38. The number of nitrogens with one attached hydrogen (secondary N) is 3. The number of ether oxygens (including phenoxy) is 1. The second kappa shape index (κ2) is 16.9. The van der Waals surface area contributed by atoms with Gasteiger partial charge < -0.3 is 32.3 Å². The van der Waals surface area contributed by atoms with Crippen molar-refractivity contribution >= 4 is 24.9 Å². The van der Waals surface area contributed by atoms with Crippen LogP contribution in [-0.2, 0) is 4.79 Å². The Kier molecular flexibility index (Phi) is 14.6. The van der Waals surface area contributed by atoms with E-state index < -0.39 is 17.5 Å². The van der Waals surface area contributed by atoms with Gasteiger partial charge in [0.2, 0.25) is 6.41 Å². The standard InChI is InChI=1S/C20H20F3N3O.C13H17NO.K.H2N.H2O/c1-10-7-25-19-12(10)5-18(14(8-24-9-27)11-2-3-11)26-20(19)13-4-16(22)17(23)6-15(13)21;1-9-6-11(8-14-12-4-5-12)10(2)13(7-9)15-3;;;/h4-6,9-11,14,25H,2-3,7-8H2,1H3,(H,24,27);6-8,12,14H,2,4-5H2,1,3H3;;2*1H2/q;;+1;-1;/p-1/b;11-8-;;;. The Morgan fingerprint density at radius 2 is 1.78 bits per heavy atom. The number of halogens is 3. The van der Waals surface area contributed by atoms with Crippen LogP contribution in [0.15, 0.2) is 30.3 Å². The number of carbonyl (C=O) groups excluding carboxylic acids is 1. The maximum Gasteiger partial charge on any atom is 1.00 e. The summed E-state index contributed by atoms with van der Waals surface area (Å²) >= 11 is 0. The molecule has 12 heteroatoms. The first-order valence-electron chi connectivity index (χ1n) is 14.4. The van der Waals surface area contributed by atoms with E-state index in [4.69, 9.17) is 4.74 Å². The van der Waals surface area contributed by atoms with Gasteiger partial charge in [-0.25, -0.2) is 13.2 Å². The minimum Gasteiger partial charge on any atom is -0.870 e. The molecule has 1 aromatic heterocycles. The largest absolute Gasteiger partial charge is 1.00 e. The zero-order valence-corrected chi connectivity index (χ0v) is 29.3. The first-order valence-corrected chi connectivity index (χ1v) is 14.4. The molecular formula is C33H40F3KN5O3-. The number of pyridine rings is 1. The van der Waals surface area contributed by atoms with Crippen LogP contribution in [-0.4, -0.2) is 43.1 Å². The number of rotatable bonds is 9. The molecule has 0 saturated heterocycles. The van der Waals surface area contributed by atoms with Gasteiger partial charge in [-0.05, 0) is 73.9 Å². The van der Waals surface area contributed by atoms with Crippen molar-refractivity contribution in [2.24, 2.45) is 5.92 Å². The number of aromatic nitrogens is 1. The number of hydrogen-bond acceptors (Lipinski definition) is 6. The van der Waals surface area contributed by atoms with Crippen molar-refractivity contribution in [2.45, 2.75) is 57.4 Å². The molecule has 2 aliphatic carbocycles. The molecule has 2 fully saturated rings. The third-order valence-corrected chi connectivity index (χ3v) is 8.10. The van der Waals surface area contributed by atoms with Crippen LogP contribution in [0.4, 0.5) is 18.9 Å². The van der Waals surface area contributed by atoms with Crippen LogP contribution in [0.1, 0.15) is 61.3 Å². The van der Waals surface area contributed by atoms with E-state index in [1.807, 2.05) is 19.1 Å². The van der Waals surface area contributed by atoms with Crippen LogP contribution in [0, 0.1) is 30.3 Å². The summed E-state index contributed by atoms with van der Waals surface area (Å²) in [6.45, 7) is 9.26. The van der Waals surface area contributed by atoms with E-state index in [0.29, 0.717) is 48.9 Å². The quantitative estimate of drug-likeness (QED) is 0.185. The van der Waals surface area contributed by atoms with Crippen molar-refractivity contribution in [1.82, 2.24) is 15.6 Å². The first-order chi connectivity index (χ1) is 20.2. The molecular weight excluding hydrogens is 610 g/mol. The summed E-state index contributed by atoms with van der Waals surface area (Å²) in [5, 5.41) is 11.4. The van der Waals surface area contributed by atoms with Crippen LogP contribution < -0.4 is 82.5 Å². The van der Waals surface area contributed by atoms with Crippen molar-refractivity contribution in [3.63, 3.8) is 0 Å². The zero-order valence-electron chi connectivity index (χ0n) is 26.2. The van der Waals surface area contributed by atoms with Gasteiger partial charge in [0.1, 0.15) is 11.6 Å². The molecule has 2 unspecified atom stereocenters. The topological polar surface area (TPSA) is 139 Å².